The van der Waals surface area contributed by atoms with E-state index < -0.39 is 5.97 Å². The maximum Gasteiger partial charge on any atom is 0.356 e. The summed E-state index contributed by atoms with van der Waals surface area (Å²) >= 11 is 3.38. The summed E-state index contributed by atoms with van der Waals surface area (Å²) in [6.45, 7) is 0. The molecule has 5 nitrogen and oxygen atoms in total. The van der Waals surface area contributed by atoms with Gasteiger partial charge in [-0.2, -0.15) is 0 Å². The Hall–Kier alpha value is -2.34. The summed E-state index contributed by atoms with van der Waals surface area (Å²) < 4.78 is 7.64. The van der Waals surface area contributed by atoms with Crippen LogP contribution in [-0.2, 0) is 0 Å². The van der Waals surface area contributed by atoms with Crippen LogP contribution in [0.4, 0.5) is 0 Å². The van der Waals surface area contributed by atoms with Gasteiger partial charge in [-0.3, -0.25) is 4.40 Å². The standard InChI is InChI=1S/C15H11BrN2O3/c1-21-10-5-2-4-9(8-10)14-17-12(15(19)20)13-11(16)6-3-7-18(13)14/h2-8H,1H3,(H,19,20). The van der Waals surface area contributed by atoms with E-state index in [-0.39, 0.29) is 5.69 Å². The van der Waals surface area contributed by atoms with Crippen LogP contribution in [0.25, 0.3) is 16.9 Å². The lowest BCUT2D eigenvalue weighted by molar-refractivity contribution is 0.0693. The Morgan fingerprint density at radius 1 is 1.33 bits per heavy atom. The molecule has 0 atom stereocenters. The third kappa shape index (κ3) is 2.27. The van der Waals surface area contributed by atoms with E-state index >= 15 is 0 Å². The lowest BCUT2D eigenvalue weighted by Crippen LogP contribution is -1.97. The Labute approximate surface area is 128 Å². The Kier molecular flexibility index (Phi) is 3.39. The van der Waals surface area contributed by atoms with Gasteiger partial charge in [0, 0.05) is 16.2 Å². The molecule has 0 radical (unpaired) electrons. The molecule has 0 amide bonds. The first-order valence-corrected chi connectivity index (χ1v) is 6.95. The monoisotopic (exact) mass is 346 g/mol. The van der Waals surface area contributed by atoms with Crippen molar-refractivity contribution in [1.82, 2.24) is 9.38 Å². The molecular weight excluding hydrogens is 336 g/mol. The molecular formula is C15H11BrN2O3. The molecule has 1 N–H and O–H groups in total. The van der Waals surface area contributed by atoms with Crippen LogP contribution >= 0.6 is 15.9 Å². The largest absolute Gasteiger partial charge is 0.497 e. The van der Waals surface area contributed by atoms with E-state index in [1.54, 1.807) is 23.8 Å². The van der Waals surface area contributed by atoms with Gasteiger partial charge in [0.15, 0.2) is 5.69 Å². The number of carboxylic acids is 1. The molecule has 2 heterocycles. The van der Waals surface area contributed by atoms with E-state index in [0.717, 1.165) is 5.56 Å². The molecule has 21 heavy (non-hydrogen) atoms. The fraction of sp³-hybridized carbons (Fsp3) is 0.0667. The Balaban J connectivity index is 2.33. The fourth-order valence-electron chi connectivity index (χ4n) is 2.21. The second kappa shape index (κ2) is 5.21. The SMILES string of the molecule is COc1cccc(-c2nc(C(=O)O)c3c(Br)cccn23)c1. The first kappa shape index (κ1) is 13.6. The summed E-state index contributed by atoms with van der Waals surface area (Å²) in [6.07, 6.45) is 1.79. The third-order valence-electron chi connectivity index (χ3n) is 3.15. The van der Waals surface area contributed by atoms with Gasteiger partial charge >= 0.3 is 5.97 Å². The molecule has 3 rings (SSSR count). The number of aromatic nitrogens is 2. The zero-order valence-corrected chi connectivity index (χ0v) is 12.7. The van der Waals surface area contributed by atoms with Crippen molar-refractivity contribution in [3.63, 3.8) is 0 Å². The van der Waals surface area contributed by atoms with E-state index in [2.05, 4.69) is 20.9 Å². The molecule has 0 aliphatic heterocycles. The molecule has 6 heteroatoms. The normalized spacial score (nSPS) is 10.8. The molecule has 0 saturated carbocycles. The van der Waals surface area contributed by atoms with Crippen LogP contribution in [0, 0.1) is 0 Å². The highest BCUT2D eigenvalue weighted by molar-refractivity contribution is 9.10. The predicted molar refractivity (Wildman–Crippen MR) is 81.8 cm³/mol. The zero-order valence-electron chi connectivity index (χ0n) is 11.1. The second-order valence-corrected chi connectivity index (χ2v) is 5.25. The van der Waals surface area contributed by atoms with Crippen molar-refractivity contribution in [3.8, 4) is 17.1 Å². The highest BCUT2D eigenvalue weighted by atomic mass is 79.9. The number of carbonyl (C=O) groups is 1. The number of fused-ring (bicyclic) bond motifs is 1. The lowest BCUT2D eigenvalue weighted by Gasteiger charge is -2.04. The Morgan fingerprint density at radius 2 is 2.14 bits per heavy atom. The van der Waals surface area contributed by atoms with Gasteiger partial charge in [-0.05, 0) is 40.2 Å². The minimum Gasteiger partial charge on any atom is -0.497 e. The van der Waals surface area contributed by atoms with Gasteiger partial charge in [0.05, 0.1) is 12.6 Å². The fourth-order valence-corrected chi connectivity index (χ4v) is 2.74. The minimum absolute atomic E-state index is 0.0142. The summed E-state index contributed by atoms with van der Waals surface area (Å²) in [5.41, 5.74) is 1.33. The van der Waals surface area contributed by atoms with E-state index in [9.17, 15) is 9.90 Å². The maximum absolute atomic E-state index is 11.4. The van der Waals surface area contributed by atoms with E-state index in [1.807, 2.05) is 30.3 Å². The highest BCUT2D eigenvalue weighted by Crippen LogP contribution is 2.29. The molecule has 2 aromatic heterocycles. The predicted octanol–water partition coefficient (Wildman–Crippen LogP) is 3.47. The van der Waals surface area contributed by atoms with Crippen LogP contribution < -0.4 is 4.74 Å². The molecule has 106 valence electrons. The number of carboxylic acid groups (broad SMARTS) is 1. The number of nitrogens with zero attached hydrogens (tertiary/aromatic N) is 2. The molecule has 0 fully saturated rings. The molecule has 0 aliphatic carbocycles. The third-order valence-corrected chi connectivity index (χ3v) is 3.79. The van der Waals surface area contributed by atoms with Crippen molar-refractivity contribution in [2.75, 3.05) is 7.11 Å². The number of hydrogen-bond acceptors (Lipinski definition) is 3. The topological polar surface area (TPSA) is 63.8 Å². The number of hydrogen-bond donors (Lipinski definition) is 1. The number of pyridine rings is 1. The zero-order chi connectivity index (χ0) is 15.0. The highest BCUT2D eigenvalue weighted by Gasteiger charge is 2.19. The van der Waals surface area contributed by atoms with Gasteiger partial charge in [0.2, 0.25) is 0 Å². The first-order valence-electron chi connectivity index (χ1n) is 6.16. The van der Waals surface area contributed by atoms with Crippen LogP contribution in [0.15, 0.2) is 47.1 Å². The van der Waals surface area contributed by atoms with E-state index in [4.69, 9.17) is 4.74 Å². The second-order valence-electron chi connectivity index (χ2n) is 4.40. The van der Waals surface area contributed by atoms with Gasteiger partial charge in [0.25, 0.3) is 0 Å². The minimum atomic E-state index is -1.06. The number of halogens is 1. The van der Waals surface area contributed by atoms with Crippen LogP contribution in [0.1, 0.15) is 10.5 Å². The van der Waals surface area contributed by atoms with Crippen molar-refractivity contribution >= 4 is 27.4 Å². The van der Waals surface area contributed by atoms with Crippen molar-refractivity contribution in [1.29, 1.82) is 0 Å². The molecule has 1 aromatic carbocycles. The van der Waals surface area contributed by atoms with Crippen LogP contribution in [0.5, 0.6) is 5.75 Å². The van der Waals surface area contributed by atoms with Crippen LogP contribution in [0.3, 0.4) is 0 Å². The van der Waals surface area contributed by atoms with Crippen molar-refractivity contribution < 1.29 is 14.6 Å². The molecule has 0 aliphatic rings. The van der Waals surface area contributed by atoms with E-state index in [1.165, 1.54) is 0 Å². The Bertz CT molecular complexity index is 842. The number of imidazole rings is 1. The van der Waals surface area contributed by atoms with Gasteiger partial charge < -0.3 is 9.84 Å². The summed E-state index contributed by atoms with van der Waals surface area (Å²) in [5, 5.41) is 9.35. The number of methoxy groups -OCH3 is 1. The van der Waals surface area contributed by atoms with Gasteiger partial charge in [-0.15, -0.1) is 0 Å². The first-order chi connectivity index (χ1) is 10.1. The van der Waals surface area contributed by atoms with Gasteiger partial charge in [-0.25, -0.2) is 9.78 Å². The summed E-state index contributed by atoms with van der Waals surface area (Å²) in [4.78, 5) is 15.7. The van der Waals surface area contributed by atoms with Gasteiger partial charge in [0.1, 0.15) is 11.6 Å². The Morgan fingerprint density at radius 3 is 2.86 bits per heavy atom. The smallest absolute Gasteiger partial charge is 0.356 e. The number of ether oxygens (including phenoxy) is 1. The van der Waals surface area contributed by atoms with Crippen LogP contribution in [0.2, 0.25) is 0 Å². The molecule has 0 saturated heterocycles. The van der Waals surface area contributed by atoms with Crippen molar-refractivity contribution in [2.45, 2.75) is 0 Å². The average molecular weight is 347 g/mol. The van der Waals surface area contributed by atoms with Crippen molar-refractivity contribution in [2.24, 2.45) is 0 Å². The number of aromatic carboxylic acids is 1. The van der Waals surface area contributed by atoms with Gasteiger partial charge in [-0.1, -0.05) is 12.1 Å². The van der Waals surface area contributed by atoms with E-state index in [0.29, 0.717) is 21.6 Å². The van der Waals surface area contributed by atoms with Crippen molar-refractivity contribution in [3.05, 3.63) is 52.8 Å². The lowest BCUT2D eigenvalue weighted by atomic mass is 10.2. The average Bonchev–Trinajstić information content (AvgIpc) is 2.88. The number of rotatable bonds is 3. The molecule has 0 bridgehead atoms. The molecule has 0 spiro atoms. The maximum atomic E-state index is 11.4. The molecule has 0 unspecified atom stereocenters. The molecule has 3 aromatic rings. The number of benzene rings is 1. The summed E-state index contributed by atoms with van der Waals surface area (Å²) in [5.74, 6) is 0.187. The quantitative estimate of drug-likeness (QED) is 0.788. The summed E-state index contributed by atoms with van der Waals surface area (Å²) in [7, 11) is 1.59. The van der Waals surface area contributed by atoms with Crippen LogP contribution in [-0.4, -0.2) is 27.6 Å². The summed E-state index contributed by atoms with van der Waals surface area (Å²) in [6, 6.07) is 11.0.